The van der Waals surface area contributed by atoms with Gasteiger partial charge in [-0.05, 0) is 55.9 Å². The van der Waals surface area contributed by atoms with Crippen molar-refractivity contribution in [3.8, 4) is 6.07 Å². The Morgan fingerprint density at radius 1 is 1.17 bits per heavy atom. The van der Waals surface area contributed by atoms with Crippen LogP contribution in [-0.4, -0.2) is 17.9 Å². The lowest BCUT2D eigenvalue weighted by Gasteiger charge is -2.15. The van der Waals surface area contributed by atoms with Crippen molar-refractivity contribution in [2.45, 2.75) is 47.5 Å². The fourth-order valence-electron chi connectivity index (χ4n) is 3.43. The monoisotopic (exact) mass is 468 g/mol. The van der Waals surface area contributed by atoms with Crippen molar-refractivity contribution >= 4 is 17.2 Å². The maximum Gasteiger partial charge on any atom is 0.216 e. The fraction of sp³-hybridized carbons (Fsp3) is 0.300. The minimum absolute atomic E-state index is 0.333. The van der Waals surface area contributed by atoms with Gasteiger partial charge in [0.05, 0.1) is 17.3 Å². The molecule has 0 atom stereocenters. The van der Waals surface area contributed by atoms with Crippen LogP contribution in [0.4, 0.5) is 0 Å². The SMILES string of the molecule is C\C=C(/C(=C\C(C#N)=C(/C)CC)OC(C=C(N)c1ccccc1)=NC)c1ccc(CC(C)C)cn1. The van der Waals surface area contributed by atoms with Crippen LogP contribution in [0.25, 0.3) is 11.3 Å². The lowest BCUT2D eigenvalue weighted by molar-refractivity contribution is 0.441. The zero-order valence-electron chi connectivity index (χ0n) is 21.7. The van der Waals surface area contributed by atoms with Gasteiger partial charge in [-0.15, -0.1) is 0 Å². The average molecular weight is 469 g/mol. The highest BCUT2D eigenvalue weighted by Gasteiger charge is 2.15. The first-order valence-electron chi connectivity index (χ1n) is 11.9. The molecule has 0 fully saturated rings. The van der Waals surface area contributed by atoms with Crippen LogP contribution in [-0.2, 0) is 11.2 Å². The summed E-state index contributed by atoms with van der Waals surface area (Å²) in [5.41, 5.74) is 11.9. The highest BCUT2D eigenvalue weighted by Crippen LogP contribution is 2.26. The number of pyridine rings is 1. The van der Waals surface area contributed by atoms with E-state index in [1.54, 1.807) is 19.2 Å². The minimum atomic E-state index is 0.333. The third kappa shape index (κ3) is 8.12. The summed E-state index contributed by atoms with van der Waals surface area (Å²) in [6.07, 6.45) is 9.01. The van der Waals surface area contributed by atoms with Gasteiger partial charge in [0, 0.05) is 30.6 Å². The molecule has 0 aliphatic carbocycles. The van der Waals surface area contributed by atoms with Gasteiger partial charge in [0.1, 0.15) is 5.76 Å². The van der Waals surface area contributed by atoms with Crippen LogP contribution in [0.5, 0.6) is 0 Å². The summed E-state index contributed by atoms with van der Waals surface area (Å²) in [5, 5.41) is 9.80. The van der Waals surface area contributed by atoms with E-state index < -0.39 is 0 Å². The number of hydrogen-bond acceptors (Lipinski definition) is 5. The number of hydrogen-bond donors (Lipinski definition) is 1. The molecule has 0 bridgehead atoms. The summed E-state index contributed by atoms with van der Waals surface area (Å²) < 4.78 is 6.28. The number of nitrogens with zero attached hydrogens (tertiary/aromatic N) is 3. The molecule has 5 nitrogen and oxygen atoms in total. The van der Waals surface area contributed by atoms with E-state index in [2.05, 4.69) is 31.0 Å². The fourth-order valence-corrected chi connectivity index (χ4v) is 3.43. The van der Waals surface area contributed by atoms with Gasteiger partial charge in [-0.2, -0.15) is 5.26 Å². The second-order valence-electron chi connectivity index (χ2n) is 8.65. The molecule has 2 N–H and O–H groups in total. The van der Waals surface area contributed by atoms with E-state index in [9.17, 15) is 5.26 Å². The molecular weight excluding hydrogens is 432 g/mol. The molecule has 35 heavy (non-hydrogen) atoms. The number of nitrogens with two attached hydrogens (primary N) is 1. The van der Waals surface area contributed by atoms with Crippen LogP contribution >= 0.6 is 0 Å². The molecule has 0 unspecified atom stereocenters. The standard InChI is InChI=1S/C30H36N4O/c1-7-22(5)25(19-31)17-29(26(8-2)28-15-14-23(20-34-28)16-21(3)4)35-30(33-6)18-27(32)24-12-10-9-11-13-24/h8-15,17-18,20-21H,7,16,32H2,1-6H3/b25-22-,26-8-,27-18?,29-17+,33-30?. The highest BCUT2D eigenvalue weighted by atomic mass is 16.5. The van der Waals surface area contributed by atoms with Gasteiger partial charge >= 0.3 is 0 Å². The van der Waals surface area contributed by atoms with Crippen LogP contribution in [0, 0.1) is 17.2 Å². The van der Waals surface area contributed by atoms with Crippen molar-refractivity contribution in [3.05, 3.63) is 101 Å². The Labute approximate surface area is 210 Å². The largest absolute Gasteiger partial charge is 0.439 e. The maximum atomic E-state index is 9.80. The molecule has 0 aliphatic rings. The zero-order valence-corrected chi connectivity index (χ0v) is 21.7. The van der Waals surface area contributed by atoms with Crippen molar-refractivity contribution in [1.82, 2.24) is 4.98 Å². The second-order valence-corrected chi connectivity index (χ2v) is 8.65. The lowest BCUT2D eigenvalue weighted by Crippen LogP contribution is -2.08. The summed E-state index contributed by atoms with van der Waals surface area (Å²) in [4.78, 5) is 8.99. The molecular formula is C30H36N4O. The average Bonchev–Trinajstić information content (AvgIpc) is 2.87. The predicted molar refractivity (Wildman–Crippen MR) is 146 cm³/mol. The molecule has 182 valence electrons. The first-order chi connectivity index (χ1) is 16.8. The zero-order chi connectivity index (χ0) is 25.8. The number of nitriles is 1. The van der Waals surface area contributed by atoms with Gasteiger partial charge in [0.15, 0.2) is 0 Å². The molecule has 1 aromatic carbocycles. The van der Waals surface area contributed by atoms with Gasteiger partial charge in [0.25, 0.3) is 0 Å². The maximum absolute atomic E-state index is 9.80. The number of aliphatic imine (C=N–C) groups is 1. The molecule has 0 amide bonds. The topological polar surface area (TPSA) is 84.3 Å². The van der Waals surface area contributed by atoms with Gasteiger partial charge in [0.2, 0.25) is 5.90 Å². The van der Waals surface area contributed by atoms with Crippen molar-refractivity contribution < 1.29 is 4.74 Å². The van der Waals surface area contributed by atoms with E-state index in [4.69, 9.17) is 15.5 Å². The number of rotatable bonds is 9. The van der Waals surface area contributed by atoms with E-state index in [0.717, 1.165) is 35.2 Å². The van der Waals surface area contributed by atoms with E-state index in [1.165, 1.54) is 5.56 Å². The van der Waals surface area contributed by atoms with Crippen LogP contribution < -0.4 is 5.73 Å². The molecule has 1 heterocycles. The third-order valence-corrected chi connectivity index (χ3v) is 5.51. The number of benzene rings is 1. The van der Waals surface area contributed by atoms with E-state index >= 15 is 0 Å². The molecule has 2 aromatic rings. The Bertz CT molecular complexity index is 1180. The number of ether oxygens (including phenoxy) is 1. The summed E-state index contributed by atoms with van der Waals surface area (Å²) in [6.45, 7) is 10.3. The van der Waals surface area contributed by atoms with Crippen molar-refractivity contribution in [2.75, 3.05) is 7.05 Å². The first kappa shape index (κ1) is 27.3. The Morgan fingerprint density at radius 2 is 1.89 bits per heavy atom. The summed E-state index contributed by atoms with van der Waals surface area (Å²) in [5.74, 6) is 1.37. The van der Waals surface area contributed by atoms with Crippen molar-refractivity contribution in [1.29, 1.82) is 5.26 Å². The van der Waals surface area contributed by atoms with Gasteiger partial charge < -0.3 is 10.5 Å². The molecule has 0 radical (unpaired) electrons. The normalized spacial score (nSPS) is 14.0. The van der Waals surface area contributed by atoms with E-state index in [-0.39, 0.29) is 0 Å². The van der Waals surface area contributed by atoms with Crippen molar-refractivity contribution in [2.24, 2.45) is 16.6 Å². The second kappa shape index (κ2) is 13.7. The van der Waals surface area contributed by atoms with Gasteiger partial charge in [-0.25, -0.2) is 0 Å². The van der Waals surface area contributed by atoms with Crippen LogP contribution in [0.3, 0.4) is 0 Å². The van der Waals surface area contributed by atoms with Crippen LogP contribution in [0.1, 0.15) is 57.9 Å². The number of allylic oxidation sites excluding steroid dienone is 5. The molecule has 0 spiro atoms. The van der Waals surface area contributed by atoms with E-state index in [1.807, 2.05) is 69.4 Å². The molecule has 5 heteroatoms. The minimum Gasteiger partial charge on any atom is -0.439 e. The molecule has 0 saturated carbocycles. The van der Waals surface area contributed by atoms with Crippen molar-refractivity contribution in [3.63, 3.8) is 0 Å². The van der Waals surface area contributed by atoms with Crippen LogP contribution in [0.2, 0.25) is 0 Å². The highest BCUT2D eigenvalue weighted by molar-refractivity contribution is 5.96. The smallest absolute Gasteiger partial charge is 0.216 e. The Kier molecular flexibility index (Phi) is 10.7. The van der Waals surface area contributed by atoms with Gasteiger partial charge in [-0.3, -0.25) is 9.98 Å². The van der Waals surface area contributed by atoms with Gasteiger partial charge in [-0.1, -0.05) is 68.8 Å². The molecule has 0 saturated heterocycles. The summed E-state index contributed by atoms with van der Waals surface area (Å²) >= 11 is 0. The van der Waals surface area contributed by atoms with Crippen LogP contribution in [0.15, 0.2) is 88.8 Å². The molecule has 1 aromatic heterocycles. The number of aromatic nitrogens is 1. The molecule has 0 aliphatic heterocycles. The van der Waals surface area contributed by atoms with E-state index in [0.29, 0.717) is 28.8 Å². The Morgan fingerprint density at radius 3 is 2.40 bits per heavy atom. The predicted octanol–water partition coefficient (Wildman–Crippen LogP) is 6.86. The quantitative estimate of drug-likeness (QED) is 0.143. The Balaban J connectivity index is 2.53. The summed E-state index contributed by atoms with van der Waals surface area (Å²) in [6, 6.07) is 16.0. The third-order valence-electron chi connectivity index (χ3n) is 5.51. The summed E-state index contributed by atoms with van der Waals surface area (Å²) in [7, 11) is 1.65. The lowest BCUT2D eigenvalue weighted by atomic mass is 10.0. The molecule has 2 rings (SSSR count). The Hall–Kier alpha value is -3.91. The first-order valence-corrected chi connectivity index (χ1v) is 11.9.